The third-order valence-corrected chi connectivity index (χ3v) is 3.44. The minimum atomic E-state index is -0.504. The maximum Gasteiger partial charge on any atom is 0.197 e. The van der Waals surface area contributed by atoms with Crippen LogP contribution in [0.25, 0.3) is 0 Å². The number of aldehydes is 1. The molecule has 2 N–H and O–H groups in total. The van der Waals surface area contributed by atoms with E-state index in [2.05, 4.69) is 26.4 Å². The maximum absolute atomic E-state index is 11.1. The van der Waals surface area contributed by atoms with E-state index in [4.69, 9.17) is 5.73 Å². The Hall–Kier alpha value is -1.47. The summed E-state index contributed by atoms with van der Waals surface area (Å²) >= 11 is 3.45. The van der Waals surface area contributed by atoms with E-state index in [0.717, 1.165) is 23.1 Å². The topological polar surface area (TPSA) is 74.3 Å². The molecule has 1 heterocycles. The highest BCUT2D eigenvalue weighted by molar-refractivity contribution is 9.08. The summed E-state index contributed by atoms with van der Waals surface area (Å²) in [6, 6.07) is 5.77. The Kier molecular flexibility index (Phi) is 3.93. The molecule has 7 heteroatoms. The Labute approximate surface area is 114 Å². The van der Waals surface area contributed by atoms with E-state index in [1.807, 2.05) is 18.2 Å². The fourth-order valence-corrected chi connectivity index (χ4v) is 2.54. The van der Waals surface area contributed by atoms with Crippen LogP contribution < -0.4 is 10.7 Å². The third-order valence-electron chi connectivity index (χ3n) is 2.88. The van der Waals surface area contributed by atoms with E-state index in [0.29, 0.717) is 11.9 Å². The Bertz CT molecular complexity index is 479. The van der Waals surface area contributed by atoms with E-state index in [-0.39, 0.29) is 0 Å². The van der Waals surface area contributed by atoms with Crippen molar-refractivity contribution in [3.8, 4) is 0 Å². The summed E-state index contributed by atoms with van der Waals surface area (Å²) in [6.45, 7) is 0.446. The lowest BCUT2D eigenvalue weighted by atomic mass is 10.1. The molecule has 1 aromatic carbocycles. The number of benzene rings is 1. The van der Waals surface area contributed by atoms with Gasteiger partial charge in [0, 0.05) is 18.9 Å². The summed E-state index contributed by atoms with van der Waals surface area (Å²) in [5.41, 5.74) is 8.62. The van der Waals surface area contributed by atoms with Gasteiger partial charge in [-0.2, -0.15) is 0 Å². The summed E-state index contributed by atoms with van der Waals surface area (Å²) in [7, 11) is 1.71. The second-order valence-corrected chi connectivity index (χ2v) is 4.46. The predicted molar refractivity (Wildman–Crippen MR) is 71.9 cm³/mol. The summed E-state index contributed by atoms with van der Waals surface area (Å²) < 4.78 is 0. The van der Waals surface area contributed by atoms with Gasteiger partial charge in [0.15, 0.2) is 12.5 Å². The summed E-state index contributed by atoms with van der Waals surface area (Å²) in [5, 5.41) is 11.7. The van der Waals surface area contributed by atoms with Gasteiger partial charge in [-0.05, 0) is 22.4 Å². The van der Waals surface area contributed by atoms with Crippen molar-refractivity contribution in [3.63, 3.8) is 0 Å². The molecule has 0 amide bonds. The van der Waals surface area contributed by atoms with Gasteiger partial charge < -0.3 is 5.73 Å². The van der Waals surface area contributed by atoms with Gasteiger partial charge in [-0.3, -0.25) is 4.79 Å². The van der Waals surface area contributed by atoms with Crippen molar-refractivity contribution in [2.24, 2.45) is 16.2 Å². The van der Waals surface area contributed by atoms with Crippen molar-refractivity contribution in [2.45, 2.75) is 18.0 Å². The molecule has 0 aromatic heterocycles. The van der Waals surface area contributed by atoms with Gasteiger partial charge in [0.1, 0.15) is 0 Å². The minimum absolute atomic E-state index is 0.446. The average Bonchev–Trinajstić information content (AvgIpc) is 2.78. The van der Waals surface area contributed by atoms with Gasteiger partial charge in [0.25, 0.3) is 0 Å². The van der Waals surface area contributed by atoms with Crippen LogP contribution in [-0.2, 0) is 16.7 Å². The van der Waals surface area contributed by atoms with Gasteiger partial charge in [-0.15, -0.1) is 0 Å². The molecule has 1 aliphatic rings. The molecule has 0 spiro atoms. The normalized spacial score (nSPS) is 18.5. The van der Waals surface area contributed by atoms with Crippen LogP contribution in [0.4, 0.5) is 5.69 Å². The van der Waals surface area contributed by atoms with E-state index in [1.165, 1.54) is 5.01 Å². The standard InChI is InChI=1S/C11H14BrN5O/c1-16-11(7-18)17(15-14-16)10-4-2-3-8(6-13)9(10)5-12/h2-4,7,11H,5-6,13H2,1H3. The monoisotopic (exact) mass is 311 g/mol. The van der Waals surface area contributed by atoms with Gasteiger partial charge in [0.05, 0.1) is 5.69 Å². The SMILES string of the molecule is CN1N=NN(c2cccc(CN)c2CBr)C1C=O. The largest absolute Gasteiger partial charge is 0.326 e. The molecule has 0 saturated heterocycles. The van der Waals surface area contributed by atoms with E-state index in [9.17, 15) is 4.79 Å². The first-order valence-corrected chi connectivity index (χ1v) is 6.60. The zero-order valence-electron chi connectivity index (χ0n) is 9.95. The highest BCUT2D eigenvalue weighted by atomic mass is 79.9. The van der Waals surface area contributed by atoms with Crippen LogP contribution in [0.5, 0.6) is 0 Å². The van der Waals surface area contributed by atoms with E-state index < -0.39 is 6.17 Å². The molecular weight excluding hydrogens is 298 g/mol. The van der Waals surface area contributed by atoms with Gasteiger partial charge in [0.2, 0.25) is 0 Å². The van der Waals surface area contributed by atoms with Crippen molar-refractivity contribution in [1.82, 2.24) is 5.01 Å². The van der Waals surface area contributed by atoms with Gasteiger partial charge in [-0.1, -0.05) is 33.3 Å². The molecule has 1 unspecified atom stereocenters. The molecule has 6 nitrogen and oxygen atoms in total. The molecule has 0 radical (unpaired) electrons. The molecule has 1 aliphatic heterocycles. The smallest absolute Gasteiger partial charge is 0.197 e. The quantitative estimate of drug-likeness (QED) is 0.677. The summed E-state index contributed by atoms with van der Waals surface area (Å²) in [5.74, 6) is 0. The molecule has 1 aromatic rings. The van der Waals surface area contributed by atoms with Crippen LogP contribution in [0.1, 0.15) is 11.1 Å². The molecule has 0 bridgehead atoms. The Morgan fingerprint density at radius 2 is 2.28 bits per heavy atom. The van der Waals surface area contributed by atoms with Crippen LogP contribution in [0, 0.1) is 0 Å². The molecule has 2 rings (SSSR count). The third kappa shape index (κ3) is 2.11. The van der Waals surface area contributed by atoms with Crippen LogP contribution in [0.2, 0.25) is 0 Å². The first kappa shape index (κ1) is 13.0. The van der Waals surface area contributed by atoms with Crippen molar-refractivity contribution in [1.29, 1.82) is 0 Å². The highest BCUT2D eigenvalue weighted by Crippen LogP contribution is 2.30. The number of nitrogens with zero attached hydrogens (tertiary/aromatic N) is 4. The van der Waals surface area contributed by atoms with E-state index in [1.54, 1.807) is 12.1 Å². The fraction of sp³-hybridized carbons (Fsp3) is 0.364. The van der Waals surface area contributed by atoms with Crippen LogP contribution >= 0.6 is 15.9 Å². The first-order chi connectivity index (χ1) is 8.72. The number of likely N-dealkylation sites (N-methyl/N-ethyl adjacent to an activating group) is 1. The number of alkyl halides is 1. The number of rotatable bonds is 4. The van der Waals surface area contributed by atoms with Crippen molar-refractivity contribution >= 4 is 27.9 Å². The lowest BCUT2D eigenvalue weighted by Crippen LogP contribution is -2.38. The van der Waals surface area contributed by atoms with Gasteiger partial charge in [-0.25, -0.2) is 10.0 Å². The number of hydrogen-bond donors (Lipinski definition) is 1. The summed E-state index contributed by atoms with van der Waals surface area (Å²) in [6.07, 6.45) is 0.309. The van der Waals surface area contributed by atoms with Crippen LogP contribution in [0.15, 0.2) is 28.6 Å². The zero-order valence-corrected chi connectivity index (χ0v) is 11.5. The minimum Gasteiger partial charge on any atom is -0.326 e. The molecule has 1 atom stereocenters. The fourth-order valence-electron chi connectivity index (χ4n) is 1.89. The number of carbonyl (C=O) groups excluding carboxylic acids is 1. The Morgan fingerprint density at radius 1 is 1.50 bits per heavy atom. The van der Waals surface area contributed by atoms with Crippen molar-refractivity contribution in [2.75, 3.05) is 12.1 Å². The molecule has 0 aliphatic carbocycles. The number of anilines is 1. The molecule has 0 fully saturated rings. The molecule has 0 saturated carbocycles. The molecular formula is C11H14BrN5O. The number of carbonyl (C=O) groups is 1. The Morgan fingerprint density at radius 3 is 2.89 bits per heavy atom. The average molecular weight is 312 g/mol. The Balaban J connectivity index is 2.45. The molecule has 96 valence electrons. The lowest BCUT2D eigenvalue weighted by Gasteiger charge is -2.23. The number of hydrogen-bond acceptors (Lipinski definition) is 6. The number of nitrogens with two attached hydrogens (primary N) is 1. The zero-order chi connectivity index (χ0) is 13.1. The number of halogens is 1. The molecule has 18 heavy (non-hydrogen) atoms. The highest BCUT2D eigenvalue weighted by Gasteiger charge is 2.29. The second-order valence-electron chi connectivity index (χ2n) is 3.90. The summed E-state index contributed by atoms with van der Waals surface area (Å²) in [4.78, 5) is 11.1. The van der Waals surface area contributed by atoms with Crippen molar-refractivity contribution < 1.29 is 4.79 Å². The van der Waals surface area contributed by atoms with Crippen LogP contribution in [-0.4, -0.2) is 24.5 Å². The first-order valence-electron chi connectivity index (χ1n) is 5.48. The van der Waals surface area contributed by atoms with E-state index >= 15 is 0 Å². The second kappa shape index (κ2) is 5.45. The lowest BCUT2D eigenvalue weighted by molar-refractivity contribution is -0.111. The maximum atomic E-state index is 11.1. The predicted octanol–water partition coefficient (Wildman–Crippen LogP) is 1.60. The van der Waals surface area contributed by atoms with Crippen molar-refractivity contribution in [3.05, 3.63) is 29.3 Å². The van der Waals surface area contributed by atoms with Crippen LogP contribution in [0.3, 0.4) is 0 Å². The van der Waals surface area contributed by atoms with Gasteiger partial charge >= 0.3 is 0 Å².